The molecule has 0 aromatic heterocycles. The summed E-state index contributed by atoms with van der Waals surface area (Å²) < 4.78 is 0. The van der Waals surface area contributed by atoms with Gasteiger partial charge in [0.15, 0.2) is 0 Å². The molecule has 0 heterocycles. The van der Waals surface area contributed by atoms with Crippen LogP contribution in [0.1, 0.15) is 26.7 Å². The summed E-state index contributed by atoms with van der Waals surface area (Å²) in [5.41, 5.74) is 0. The Morgan fingerprint density at radius 3 is 1.38 bits per heavy atom. The molecular formula is C6H15BrZn. The first-order valence-corrected chi connectivity index (χ1v) is 2.41. The number of rotatable bonds is 1. The molecule has 0 saturated heterocycles. The number of hydrogen-bond donors (Lipinski definition) is 0. The Labute approximate surface area is 77.0 Å². The van der Waals surface area contributed by atoms with E-state index in [4.69, 9.17) is 0 Å². The number of unbranched alkanes of at least 4 members (excludes halogenated alkanes) is 1. The van der Waals surface area contributed by atoms with E-state index in [-0.39, 0.29) is 36.5 Å². The predicted octanol–water partition coefficient (Wildman–Crippen LogP) is 3.04. The van der Waals surface area contributed by atoms with Gasteiger partial charge in [-0.3, -0.25) is 0 Å². The molecule has 0 aromatic rings. The second-order valence-corrected chi connectivity index (χ2v) is 0.854. The van der Waals surface area contributed by atoms with Crippen molar-refractivity contribution in [3.63, 3.8) is 0 Å². The van der Waals surface area contributed by atoms with Gasteiger partial charge in [0.05, 0.1) is 0 Å². The zero-order chi connectivity index (χ0) is 5.41. The predicted molar refractivity (Wildman–Crippen MR) is 41.6 cm³/mol. The molecule has 0 aliphatic heterocycles. The summed E-state index contributed by atoms with van der Waals surface area (Å²) in [4.78, 5) is 0. The van der Waals surface area contributed by atoms with Crippen LogP contribution >= 0.6 is 17.0 Å². The molecule has 0 radical (unpaired) electrons. The minimum absolute atomic E-state index is 0. The van der Waals surface area contributed by atoms with E-state index in [0.717, 1.165) is 6.42 Å². The molecule has 0 aliphatic carbocycles. The number of hydrogen-bond acceptors (Lipinski definition) is 0. The van der Waals surface area contributed by atoms with Crippen LogP contribution in [0.2, 0.25) is 0 Å². The summed E-state index contributed by atoms with van der Waals surface area (Å²) in [6.07, 6.45) is 2.28. The normalized spacial score (nSPS) is 4.50. The SMILES string of the molecule is Br.[CH2-]C.[CH2-]CCC.[Zn+2]. The van der Waals surface area contributed by atoms with E-state index in [2.05, 4.69) is 20.8 Å². The van der Waals surface area contributed by atoms with E-state index in [9.17, 15) is 0 Å². The first-order valence-electron chi connectivity index (χ1n) is 2.41. The maximum absolute atomic E-state index is 3.60. The fourth-order valence-electron chi connectivity index (χ4n) is 0. The van der Waals surface area contributed by atoms with Gasteiger partial charge in [-0.2, -0.15) is 13.3 Å². The third kappa shape index (κ3) is 59.8. The van der Waals surface area contributed by atoms with Crippen molar-refractivity contribution in [2.75, 3.05) is 0 Å². The van der Waals surface area contributed by atoms with Crippen molar-refractivity contribution in [1.29, 1.82) is 0 Å². The summed E-state index contributed by atoms with van der Waals surface area (Å²) >= 11 is 0. The summed E-state index contributed by atoms with van der Waals surface area (Å²) in [6.45, 7) is 10.7. The zero-order valence-corrected chi connectivity index (χ0v) is 10.6. The monoisotopic (exact) mass is 230 g/mol. The van der Waals surface area contributed by atoms with E-state index in [0.29, 0.717) is 0 Å². The molecule has 0 rings (SSSR count). The van der Waals surface area contributed by atoms with Gasteiger partial charge >= 0.3 is 19.5 Å². The standard InChI is InChI=1S/C4H9.C2H5.BrH.Zn/c1-3-4-2;1-2;;/h1,3-4H2,2H3;1H2,2H3;1H;/q2*-1;;+2. The fourth-order valence-corrected chi connectivity index (χ4v) is 0. The Morgan fingerprint density at radius 2 is 1.38 bits per heavy atom. The van der Waals surface area contributed by atoms with Crippen LogP contribution in [0.5, 0.6) is 0 Å². The summed E-state index contributed by atoms with van der Waals surface area (Å²) in [6, 6.07) is 0. The third-order valence-electron chi connectivity index (χ3n) is 0.354. The zero-order valence-electron chi connectivity index (χ0n) is 5.94. The van der Waals surface area contributed by atoms with Crippen LogP contribution in [0.15, 0.2) is 0 Å². The molecule has 0 aromatic carbocycles. The van der Waals surface area contributed by atoms with Crippen molar-refractivity contribution in [2.24, 2.45) is 0 Å². The molecule has 48 valence electrons. The van der Waals surface area contributed by atoms with Gasteiger partial charge in [-0.25, -0.2) is 0 Å². The van der Waals surface area contributed by atoms with Crippen LogP contribution in [-0.2, 0) is 19.5 Å². The molecule has 0 bridgehead atoms. The first-order chi connectivity index (χ1) is 2.91. The summed E-state index contributed by atoms with van der Waals surface area (Å²) in [5.74, 6) is 0. The van der Waals surface area contributed by atoms with Crippen LogP contribution < -0.4 is 0 Å². The maximum Gasteiger partial charge on any atom is 2.00 e. The Bertz CT molecular complexity index is 10.5. The Kier molecular flexibility index (Phi) is 122. The maximum atomic E-state index is 3.60. The molecular weight excluding hydrogens is 217 g/mol. The second kappa shape index (κ2) is 42.5. The first kappa shape index (κ1) is 23.0. The molecule has 0 amide bonds. The van der Waals surface area contributed by atoms with Crippen molar-refractivity contribution in [3.8, 4) is 0 Å². The Morgan fingerprint density at radius 1 is 1.25 bits per heavy atom. The van der Waals surface area contributed by atoms with E-state index >= 15 is 0 Å². The van der Waals surface area contributed by atoms with Gasteiger partial charge in [-0.15, -0.1) is 17.0 Å². The van der Waals surface area contributed by atoms with Gasteiger partial charge in [-0.05, 0) is 0 Å². The van der Waals surface area contributed by atoms with Crippen molar-refractivity contribution >= 4 is 17.0 Å². The van der Waals surface area contributed by atoms with E-state index in [1.54, 1.807) is 6.92 Å². The van der Waals surface area contributed by atoms with Gasteiger partial charge in [-0.1, -0.05) is 13.3 Å². The molecule has 0 fully saturated rings. The van der Waals surface area contributed by atoms with Crippen molar-refractivity contribution in [2.45, 2.75) is 26.7 Å². The van der Waals surface area contributed by atoms with E-state index < -0.39 is 0 Å². The minimum Gasteiger partial charge on any atom is -0.346 e. The molecule has 0 aliphatic rings. The van der Waals surface area contributed by atoms with Gasteiger partial charge in [0.1, 0.15) is 0 Å². The molecule has 8 heavy (non-hydrogen) atoms. The molecule has 0 saturated carbocycles. The summed E-state index contributed by atoms with van der Waals surface area (Å²) in [5, 5.41) is 0. The molecule has 0 N–H and O–H groups in total. The Balaban J connectivity index is -0.0000000183. The van der Waals surface area contributed by atoms with Crippen LogP contribution in [0.4, 0.5) is 0 Å². The Hall–Kier alpha value is 1.10. The van der Waals surface area contributed by atoms with Crippen molar-refractivity contribution < 1.29 is 19.5 Å². The molecule has 0 unspecified atom stereocenters. The average molecular weight is 232 g/mol. The van der Waals surface area contributed by atoms with Gasteiger partial charge < -0.3 is 13.8 Å². The quantitative estimate of drug-likeness (QED) is 0.481. The fraction of sp³-hybridized carbons (Fsp3) is 0.667. The number of halogens is 1. The van der Waals surface area contributed by atoms with Gasteiger partial charge in [0, 0.05) is 0 Å². The van der Waals surface area contributed by atoms with E-state index in [1.807, 2.05) is 0 Å². The van der Waals surface area contributed by atoms with Crippen molar-refractivity contribution in [1.82, 2.24) is 0 Å². The molecule has 0 spiro atoms. The molecule has 0 atom stereocenters. The van der Waals surface area contributed by atoms with E-state index in [1.165, 1.54) is 6.42 Å². The van der Waals surface area contributed by atoms with Crippen LogP contribution in [0, 0.1) is 13.8 Å². The largest absolute Gasteiger partial charge is 2.00 e. The topological polar surface area (TPSA) is 0 Å². The minimum atomic E-state index is 0. The van der Waals surface area contributed by atoms with Crippen LogP contribution in [0.25, 0.3) is 0 Å². The second-order valence-electron chi connectivity index (χ2n) is 0.854. The smallest absolute Gasteiger partial charge is 0.346 e. The van der Waals surface area contributed by atoms with Crippen molar-refractivity contribution in [3.05, 3.63) is 13.8 Å². The van der Waals surface area contributed by atoms with Crippen LogP contribution in [0.3, 0.4) is 0 Å². The summed E-state index contributed by atoms with van der Waals surface area (Å²) in [7, 11) is 0. The van der Waals surface area contributed by atoms with Gasteiger partial charge in [0.2, 0.25) is 0 Å². The van der Waals surface area contributed by atoms with Gasteiger partial charge in [0.25, 0.3) is 0 Å². The average Bonchev–Trinajstić information content (AvgIpc) is 1.72. The van der Waals surface area contributed by atoms with Crippen LogP contribution in [-0.4, -0.2) is 0 Å². The molecule has 2 heteroatoms. The molecule has 0 nitrogen and oxygen atoms in total. The third-order valence-corrected chi connectivity index (χ3v) is 0.354.